The van der Waals surface area contributed by atoms with Gasteiger partial charge in [0.15, 0.2) is 0 Å². The van der Waals surface area contributed by atoms with E-state index in [9.17, 15) is 0 Å². The van der Waals surface area contributed by atoms with Crippen LogP contribution in [0.2, 0.25) is 0 Å². The number of aromatic nitrogens is 2. The Morgan fingerprint density at radius 2 is 2.00 bits per heavy atom. The summed E-state index contributed by atoms with van der Waals surface area (Å²) >= 11 is 0. The fourth-order valence-corrected chi connectivity index (χ4v) is 2.46. The van der Waals surface area contributed by atoms with E-state index >= 15 is 0 Å². The van der Waals surface area contributed by atoms with Gasteiger partial charge in [0.2, 0.25) is 0 Å². The summed E-state index contributed by atoms with van der Waals surface area (Å²) in [6.07, 6.45) is 7.59. The van der Waals surface area contributed by atoms with Gasteiger partial charge >= 0.3 is 0 Å². The van der Waals surface area contributed by atoms with Crippen LogP contribution >= 0.6 is 0 Å². The molecule has 4 heteroatoms. The average molecular weight is 262 g/mol. The lowest BCUT2D eigenvalue weighted by atomic mass is 10.2. The van der Waals surface area contributed by atoms with E-state index < -0.39 is 0 Å². The summed E-state index contributed by atoms with van der Waals surface area (Å²) in [5, 5.41) is 3.43. The Morgan fingerprint density at radius 3 is 2.58 bits per heavy atom. The van der Waals surface area contributed by atoms with Crippen LogP contribution in [0.3, 0.4) is 0 Å². The molecular formula is C15H26N4. The maximum Gasteiger partial charge on any atom is 0.137 e. The largest absolute Gasteiger partial charge is 0.370 e. The lowest BCUT2D eigenvalue weighted by Gasteiger charge is -2.26. The average Bonchev–Trinajstić information content (AvgIpc) is 3.26. The summed E-state index contributed by atoms with van der Waals surface area (Å²) < 4.78 is 0. The molecule has 1 aliphatic rings. The molecule has 1 aromatic heterocycles. The van der Waals surface area contributed by atoms with Crippen molar-refractivity contribution >= 4 is 11.6 Å². The fourth-order valence-electron chi connectivity index (χ4n) is 2.46. The molecule has 0 unspecified atom stereocenters. The van der Waals surface area contributed by atoms with E-state index in [1.54, 1.807) is 6.33 Å². The number of hydrogen-bond donors (Lipinski definition) is 1. The fraction of sp³-hybridized carbons (Fsp3) is 0.733. The van der Waals surface area contributed by atoms with Gasteiger partial charge in [0.05, 0.1) is 0 Å². The molecule has 0 radical (unpaired) electrons. The van der Waals surface area contributed by atoms with Crippen molar-refractivity contribution in [3.63, 3.8) is 0 Å². The van der Waals surface area contributed by atoms with Gasteiger partial charge in [-0.2, -0.15) is 0 Å². The highest BCUT2D eigenvalue weighted by Gasteiger charge is 2.31. The minimum absolute atomic E-state index is 0.708. The summed E-state index contributed by atoms with van der Waals surface area (Å²) in [5.74, 6) is 2.18. The molecule has 1 aromatic rings. The first-order chi connectivity index (χ1) is 9.31. The lowest BCUT2D eigenvalue weighted by Crippen LogP contribution is -2.29. The standard InChI is InChI=1S/C15H26N4/c1-4-9-16-14-13(6-3)15(18-11-17-14)19(10-5-2)12-7-8-12/h11-12H,4-10H2,1-3H3,(H,16,17,18). The predicted molar refractivity (Wildman–Crippen MR) is 80.8 cm³/mol. The zero-order chi connectivity index (χ0) is 13.7. The molecule has 19 heavy (non-hydrogen) atoms. The second kappa shape index (κ2) is 6.73. The highest BCUT2D eigenvalue weighted by Crippen LogP contribution is 2.34. The minimum atomic E-state index is 0.708. The van der Waals surface area contributed by atoms with Crippen LogP contribution in [-0.2, 0) is 6.42 Å². The number of nitrogens with zero attached hydrogens (tertiary/aromatic N) is 3. The normalized spacial score (nSPS) is 14.5. The van der Waals surface area contributed by atoms with Crippen molar-refractivity contribution in [2.24, 2.45) is 0 Å². The quantitative estimate of drug-likeness (QED) is 0.781. The molecule has 0 spiro atoms. The molecular weight excluding hydrogens is 236 g/mol. The summed E-state index contributed by atoms with van der Waals surface area (Å²) in [6, 6.07) is 0.708. The molecule has 4 nitrogen and oxygen atoms in total. The van der Waals surface area contributed by atoms with E-state index in [0.717, 1.165) is 37.6 Å². The van der Waals surface area contributed by atoms with Crippen LogP contribution in [-0.4, -0.2) is 29.1 Å². The smallest absolute Gasteiger partial charge is 0.137 e. The topological polar surface area (TPSA) is 41.1 Å². The van der Waals surface area contributed by atoms with Crippen LogP contribution < -0.4 is 10.2 Å². The molecule has 2 rings (SSSR count). The van der Waals surface area contributed by atoms with E-state index in [1.807, 2.05) is 0 Å². The number of nitrogens with one attached hydrogen (secondary N) is 1. The zero-order valence-electron chi connectivity index (χ0n) is 12.4. The van der Waals surface area contributed by atoms with Gasteiger partial charge in [-0.25, -0.2) is 9.97 Å². The van der Waals surface area contributed by atoms with Crippen molar-refractivity contribution < 1.29 is 0 Å². The van der Waals surface area contributed by atoms with Gasteiger partial charge in [0, 0.05) is 24.7 Å². The van der Waals surface area contributed by atoms with E-state index in [4.69, 9.17) is 0 Å². The first-order valence-corrected chi connectivity index (χ1v) is 7.66. The van der Waals surface area contributed by atoms with Crippen LogP contribution in [0.25, 0.3) is 0 Å². The first kappa shape index (κ1) is 14.1. The molecule has 0 amide bonds. The third-order valence-electron chi connectivity index (χ3n) is 3.54. The van der Waals surface area contributed by atoms with Crippen molar-refractivity contribution in [3.8, 4) is 0 Å². The van der Waals surface area contributed by atoms with E-state index in [1.165, 1.54) is 24.8 Å². The molecule has 0 atom stereocenters. The van der Waals surface area contributed by atoms with Gasteiger partial charge in [-0.1, -0.05) is 20.8 Å². The Kier molecular flexibility index (Phi) is 5.00. The van der Waals surface area contributed by atoms with Crippen molar-refractivity contribution in [1.29, 1.82) is 0 Å². The molecule has 1 N–H and O–H groups in total. The lowest BCUT2D eigenvalue weighted by molar-refractivity contribution is 0.741. The minimum Gasteiger partial charge on any atom is -0.370 e. The molecule has 0 bridgehead atoms. The van der Waals surface area contributed by atoms with Crippen molar-refractivity contribution in [2.75, 3.05) is 23.3 Å². The zero-order valence-corrected chi connectivity index (χ0v) is 12.4. The molecule has 1 heterocycles. The molecule has 1 aliphatic carbocycles. The third kappa shape index (κ3) is 3.37. The maximum absolute atomic E-state index is 4.57. The van der Waals surface area contributed by atoms with Crippen molar-refractivity contribution in [2.45, 2.75) is 58.9 Å². The third-order valence-corrected chi connectivity index (χ3v) is 3.54. The van der Waals surface area contributed by atoms with Crippen LogP contribution in [0.1, 0.15) is 52.0 Å². The van der Waals surface area contributed by atoms with Crippen LogP contribution in [0, 0.1) is 0 Å². The van der Waals surface area contributed by atoms with Crippen LogP contribution in [0.5, 0.6) is 0 Å². The Morgan fingerprint density at radius 1 is 1.21 bits per heavy atom. The number of anilines is 2. The van der Waals surface area contributed by atoms with Crippen LogP contribution in [0.15, 0.2) is 6.33 Å². The summed E-state index contributed by atoms with van der Waals surface area (Å²) in [7, 11) is 0. The Labute approximate surface area is 116 Å². The molecule has 0 aromatic carbocycles. The van der Waals surface area contributed by atoms with Crippen molar-refractivity contribution in [3.05, 3.63) is 11.9 Å². The van der Waals surface area contributed by atoms with Crippen molar-refractivity contribution in [1.82, 2.24) is 9.97 Å². The van der Waals surface area contributed by atoms with E-state index in [0.29, 0.717) is 6.04 Å². The second-order valence-corrected chi connectivity index (χ2v) is 5.23. The van der Waals surface area contributed by atoms with E-state index in [2.05, 4.69) is 41.0 Å². The summed E-state index contributed by atoms with van der Waals surface area (Å²) in [6.45, 7) is 8.67. The SMILES string of the molecule is CCCNc1ncnc(N(CCC)C2CC2)c1CC. The molecule has 106 valence electrons. The van der Waals surface area contributed by atoms with Gasteiger partial charge in [0.25, 0.3) is 0 Å². The van der Waals surface area contributed by atoms with Crippen LogP contribution in [0.4, 0.5) is 11.6 Å². The maximum atomic E-state index is 4.57. The molecule has 0 saturated heterocycles. The van der Waals surface area contributed by atoms with Gasteiger partial charge in [-0.05, 0) is 32.1 Å². The highest BCUT2D eigenvalue weighted by atomic mass is 15.2. The summed E-state index contributed by atoms with van der Waals surface area (Å²) in [4.78, 5) is 11.5. The highest BCUT2D eigenvalue weighted by molar-refractivity contribution is 5.59. The molecule has 1 fully saturated rings. The predicted octanol–water partition coefficient (Wildman–Crippen LogP) is 3.24. The van der Waals surface area contributed by atoms with Gasteiger partial charge in [-0.15, -0.1) is 0 Å². The Bertz CT molecular complexity index is 401. The summed E-state index contributed by atoms with van der Waals surface area (Å²) in [5.41, 5.74) is 1.27. The number of hydrogen-bond acceptors (Lipinski definition) is 4. The number of rotatable bonds is 8. The monoisotopic (exact) mass is 262 g/mol. The molecule has 0 aliphatic heterocycles. The molecule has 1 saturated carbocycles. The Balaban J connectivity index is 2.26. The van der Waals surface area contributed by atoms with Gasteiger partial charge < -0.3 is 10.2 Å². The van der Waals surface area contributed by atoms with Gasteiger partial charge in [-0.3, -0.25) is 0 Å². The van der Waals surface area contributed by atoms with Gasteiger partial charge in [0.1, 0.15) is 18.0 Å². The Hall–Kier alpha value is -1.32. The second-order valence-electron chi connectivity index (χ2n) is 5.23. The van der Waals surface area contributed by atoms with E-state index in [-0.39, 0.29) is 0 Å². The first-order valence-electron chi connectivity index (χ1n) is 7.66.